The van der Waals surface area contributed by atoms with E-state index in [0.717, 1.165) is 37.3 Å². The summed E-state index contributed by atoms with van der Waals surface area (Å²) in [5.74, 6) is 0.945. The van der Waals surface area contributed by atoms with Crippen LogP contribution < -0.4 is 10.5 Å². The first-order chi connectivity index (χ1) is 8.92. The van der Waals surface area contributed by atoms with Crippen LogP contribution in [0.4, 0.5) is 0 Å². The van der Waals surface area contributed by atoms with Gasteiger partial charge < -0.3 is 10.5 Å². The fourth-order valence-corrected chi connectivity index (χ4v) is 1.88. The van der Waals surface area contributed by atoms with Crippen molar-refractivity contribution in [1.82, 2.24) is 0 Å². The number of para-hydroxylation sites is 1. The molecule has 0 atom stereocenters. The number of unbranched alkanes of at least 4 members (excludes halogenated alkanes) is 1. The monoisotopic (exact) mass is 277 g/mol. The summed E-state index contributed by atoms with van der Waals surface area (Å²) >= 11 is 0. The van der Waals surface area contributed by atoms with Crippen LogP contribution in [0.25, 0.3) is 11.1 Å². The highest BCUT2D eigenvalue weighted by atomic mass is 35.5. The molecular weight excluding hydrogens is 258 g/mol. The molecule has 0 fully saturated rings. The van der Waals surface area contributed by atoms with Crippen molar-refractivity contribution in [3.05, 3.63) is 54.6 Å². The second-order valence-corrected chi connectivity index (χ2v) is 4.21. The molecule has 0 aromatic heterocycles. The molecular formula is C16H20ClNO. The van der Waals surface area contributed by atoms with Gasteiger partial charge in [0.25, 0.3) is 0 Å². The van der Waals surface area contributed by atoms with E-state index in [-0.39, 0.29) is 12.4 Å². The standard InChI is InChI=1S/C16H19NO.ClH/c17-12-6-7-13-18-16-11-5-4-10-15(16)14-8-2-1-3-9-14;/h1-5,8-11H,6-7,12-13,17H2;1H. The zero-order valence-corrected chi connectivity index (χ0v) is 11.7. The summed E-state index contributed by atoms with van der Waals surface area (Å²) in [6.07, 6.45) is 2.01. The predicted octanol–water partition coefficient (Wildman–Crippen LogP) is 3.89. The van der Waals surface area contributed by atoms with Gasteiger partial charge in [-0.05, 0) is 31.0 Å². The zero-order valence-electron chi connectivity index (χ0n) is 10.9. The van der Waals surface area contributed by atoms with Crippen LogP contribution in [0.5, 0.6) is 5.75 Å². The largest absolute Gasteiger partial charge is 0.493 e. The Hall–Kier alpha value is -1.51. The van der Waals surface area contributed by atoms with Crippen LogP contribution in [0.2, 0.25) is 0 Å². The number of hydrogen-bond donors (Lipinski definition) is 1. The van der Waals surface area contributed by atoms with Crippen molar-refractivity contribution < 1.29 is 4.74 Å². The number of rotatable bonds is 6. The third-order valence-corrected chi connectivity index (χ3v) is 2.83. The van der Waals surface area contributed by atoms with Gasteiger partial charge in [0.05, 0.1) is 6.61 Å². The van der Waals surface area contributed by atoms with E-state index in [1.807, 2.05) is 36.4 Å². The fourth-order valence-electron chi connectivity index (χ4n) is 1.88. The van der Waals surface area contributed by atoms with E-state index in [1.54, 1.807) is 0 Å². The molecule has 2 N–H and O–H groups in total. The van der Waals surface area contributed by atoms with Gasteiger partial charge in [-0.25, -0.2) is 0 Å². The number of benzene rings is 2. The summed E-state index contributed by atoms with van der Waals surface area (Å²) in [5, 5.41) is 0. The Labute approximate surface area is 121 Å². The van der Waals surface area contributed by atoms with Crippen molar-refractivity contribution >= 4 is 12.4 Å². The molecule has 0 amide bonds. The molecule has 2 rings (SSSR count). The normalized spacial score (nSPS) is 9.74. The summed E-state index contributed by atoms with van der Waals surface area (Å²) in [6, 6.07) is 18.5. The summed E-state index contributed by atoms with van der Waals surface area (Å²) in [6.45, 7) is 1.45. The van der Waals surface area contributed by atoms with Crippen LogP contribution >= 0.6 is 12.4 Å². The quantitative estimate of drug-likeness (QED) is 0.813. The molecule has 0 spiro atoms. The third-order valence-electron chi connectivity index (χ3n) is 2.83. The molecule has 102 valence electrons. The van der Waals surface area contributed by atoms with Gasteiger partial charge in [0.15, 0.2) is 0 Å². The lowest BCUT2D eigenvalue weighted by Gasteiger charge is -2.11. The molecule has 0 aliphatic carbocycles. The molecule has 2 aromatic carbocycles. The van der Waals surface area contributed by atoms with Crippen molar-refractivity contribution in [3.8, 4) is 16.9 Å². The van der Waals surface area contributed by atoms with Gasteiger partial charge in [-0.1, -0.05) is 48.5 Å². The first-order valence-electron chi connectivity index (χ1n) is 6.39. The molecule has 0 saturated carbocycles. The highest BCUT2D eigenvalue weighted by Gasteiger charge is 2.04. The van der Waals surface area contributed by atoms with E-state index in [1.165, 1.54) is 5.56 Å². The molecule has 0 bridgehead atoms. The van der Waals surface area contributed by atoms with Gasteiger partial charge in [0.2, 0.25) is 0 Å². The van der Waals surface area contributed by atoms with Crippen LogP contribution in [0.1, 0.15) is 12.8 Å². The summed E-state index contributed by atoms with van der Waals surface area (Å²) in [5.41, 5.74) is 7.80. The minimum absolute atomic E-state index is 0. The molecule has 19 heavy (non-hydrogen) atoms. The molecule has 0 aliphatic rings. The SMILES string of the molecule is Cl.NCCCCOc1ccccc1-c1ccccc1. The Morgan fingerprint density at radius 1 is 0.842 bits per heavy atom. The average molecular weight is 278 g/mol. The topological polar surface area (TPSA) is 35.2 Å². The van der Waals surface area contributed by atoms with Crippen LogP contribution in [0.15, 0.2) is 54.6 Å². The maximum Gasteiger partial charge on any atom is 0.127 e. The highest BCUT2D eigenvalue weighted by Crippen LogP contribution is 2.29. The summed E-state index contributed by atoms with van der Waals surface area (Å²) < 4.78 is 5.84. The second kappa shape index (κ2) is 8.57. The summed E-state index contributed by atoms with van der Waals surface area (Å²) in [4.78, 5) is 0. The van der Waals surface area contributed by atoms with Crippen molar-refractivity contribution in [2.24, 2.45) is 5.73 Å². The van der Waals surface area contributed by atoms with Crippen LogP contribution in [0.3, 0.4) is 0 Å². The smallest absolute Gasteiger partial charge is 0.127 e. The molecule has 0 saturated heterocycles. The van der Waals surface area contributed by atoms with E-state index in [9.17, 15) is 0 Å². The van der Waals surface area contributed by atoms with E-state index < -0.39 is 0 Å². The van der Waals surface area contributed by atoms with E-state index >= 15 is 0 Å². The zero-order chi connectivity index (χ0) is 12.6. The van der Waals surface area contributed by atoms with E-state index in [2.05, 4.69) is 18.2 Å². The van der Waals surface area contributed by atoms with Crippen molar-refractivity contribution in [2.75, 3.05) is 13.2 Å². The minimum Gasteiger partial charge on any atom is -0.493 e. The molecule has 0 radical (unpaired) electrons. The Balaban J connectivity index is 0.00000180. The number of nitrogens with two attached hydrogens (primary N) is 1. The second-order valence-electron chi connectivity index (χ2n) is 4.21. The lowest BCUT2D eigenvalue weighted by Crippen LogP contribution is -2.03. The van der Waals surface area contributed by atoms with Gasteiger partial charge in [-0.15, -0.1) is 12.4 Å². The van der Waals surface area contributed by atoms with Crippen LogP contribution in [-0.4, -0.2) is 13.2 Å². The first-order valence-corrected chi connectivity index (χ1v) is 6.39. The number of halogens is 1. The van der Waals surface area contributed by atoms with E-state index in [4.69, 9.17) is 10.5 Å². The van der Waals surface area contributed by atoms with Crippen LogP contribution in [-0.2, 0) is 0 Å². The lowest BCUT2D eigenvalue weighted by molar-refractivity contribution is 0.309. The Bertz CT molecular complexity index is 473. The van der Waals surface area contributed by atoms with Crippen molar-refractivity contribution in [1.29, 1.82) is 0 Å². The molecule has 2 nitrogen and oxygen atoms in total. The summed E-state index contributed by atoms with van der Waals surface area (Å²) in [7, 11) is 0. The molecule has 2 aromatic rings. The van der Waals surface area contributed by atoms with Crippen molar-refractivity contribution in [2.45, 2.75) is 12.8 Å². The Morgan fingerprint density at radius 2 is 1.53 bits per heavy atom. The molecule has 0 heterocycles. The molecule has 0 unspecified atom stereocenters. The highest BCUT2D eigenvalue weighted by molar-refractivity contribution is 5.85. The maximum absolute atomic E-state index is 5.84. The lowest BCUT2D eigenvalue weighted by atomic mass is 10.1. The Morgan fingerprint density at radius 3 is 2.26 bits per heavy atom. The predicted molar refractivity (Wildman–Crippen MR) is 82.9 cm³/mol. The average Bonchev–Trinajstić information content (AvgIpc) is 2.45. The number of ether oxygens (including phenoxy) is 1. The van der Waals surface area contributed by atoms with Crippen molar-refractivity contribution in [3.63, 3.8) is 0 Å². The van der Waals surface area contributed by atoms with Gasteiger partial charge in [-0.3, -0.25) is 0 Å². The van der Waals surface area contributed by atoms with Crippen LogP contribution in [0, 0.1) is 0 Å². The molecule has 3 heteroatoms. The van der Waals surface area contributed by atoms with Gasteiger partial charge in [0, 0.05) is 5.56 Å². The molecule has 0 aliphatic heterocycles. The van der Waals surface area contributed by atoms with Gasteiger partial charge in [0.1, 0.15) is 5.75 Å². The minimum atomic E-state index is 0. The van der Waals surface area contributed by atoms with Gasteiger partial charge >= 0.3 is 0 Å². The fraction of sp³-hybridized carbons (Fsp3) is 0.250. The maximum atomic E-state index is 5.84. The first kappa shape index (κ1) is 15.5. The third kappa shape index (κ3) is 4.58. The Kier molecular flexibility index (Phi) is 7.01. The van der Waals surface area contributed by atoms with Gasteiger partial charge in [-0.2, -0.15) is 0 Å². The number of hydrogen-bond acceptors (Lipinski definition) is 2. The van der Waals surface area contributed by atoms with E-state index in [0.29, 0.717) is 0 Å².